The maximum absolute atomic E-state index is 12.4. The third-order valence-corrected chi connectivity index (χ3v) is 5.53. The van der Waals surface area contributed by atoms with E-state index >= 15 is 0 Å². The van der Waals surface area contributed by atoms with Crippen LogP contribution in [0.3, 0.4) is 0 Å². The molecule has 24 heavy (non-hydrogen) atoms. The van der Waals surface area contributed by atoms with Gasteiger partial charge in [0.05, 0.1) is 32.3 Å². The fraction of sp³-hybridized carbons (Fsp3) is 0.188. The van der Waals surface area contributed by atoms with Crippen molar-refractivity contribution in [1.82, 2.24) is 4.90 Å². The lowest BCUT2D eigenvalue weighted by molar-refractivity contribution is -0.117. The molecule has 8 heteroatoms. The summed E-state index contributed by atoms with van der Waals surface area (Å²) in [6.45, 7) is 5.10. The van der Waals surface area contributed by atoms with Gasteiger partial charge in [0, 0.05) is 18.0 Å². The van der Waals surface area contributed by atoms with E-state index in [2.05, 4.69) is 11.9 Å². The summed E-state index contributed by atoms with van der Waals surface area (Å²) in [6, 6.07) is 5.42. The fourth-order valence-corrected chi connectivity index (χ4v) is 3.71. The summed E-state index contributed by atoms with van der Waals surface area (Å²) in [7, 11) is 0. The summed E-state index contributed by atoms with van der Waals surface area (Å²) in [6.07, 6.45) is 1.75. The maximum Gasteiger partial charge on any atom is 0.238 e. The van der Waals surface area contributed by atoms with E-state index in [9.17, 15) is 4.79 Å². The van der Waals surface area contributed by atoms with Gasteiger partial charge in [0.25, 0.3) is 0 Å². The average molecular weight is 424 g/mol. The Balaban J connectivity index is 2.10. The van der Waals surface area contributed by atoms with Gasteiger partial charge >= 0.3 is 0 Å². The summed E-state index contributed by atoms with van der Waals surface area (Å²) in [5.74, 6) is -0.268. The first kappa shape index (κ1) is 19.6. The summed E-state index contributed by atoms with van der Waals surface area (Å²) in [5, 5.41) is 5.45. The van der Waals surface area contributed by atoms with Gasteiger partial charge in [-0.2, -0.15) is 0 Å². The molecule has 0 saturated carbocycles. The molecule has 1 N–H and O–H groups in total. The number of anilines is 1. The Morgan fingerprint density at radius 2 is 1.92 bits per heavy atom. The summed E-state index contributed by atoms with van der Waals surface area (Å²) < 4.78 is 0. The highest BCUT2D eigenvalue weighted by molar-refractivity contribution is 7.09. The molecule has 0 spiro atoms. The van der Waals surface area contributed by atoms with E-state index in [1.54, 1.807) is 17.4 Å². The molecule has 0 fully saturated rings. The van der Waals surface area contributed by atoms with Crippen molar-refractivity contribution in [2.24, 2.45) is 0 Å². The van der Waals surface area contributed by atoms with Crippen LogP contribution in [0.2, 0.25) is 20.1 Å². The van der Waals surface area contributed by atoms with Gasteiger partial charge in [0.1, 0.15) is 0 Å². The van der Waals surface area contributed by atoms with Crippen LogP contribution in [0.15, 0.2) is 36.2 Å². The second-order valence-electron chi connectivity index (χ2n) is 4.93. The zero-order chi connectivity index (χ0) is 17.7. The fourth-order valence-electron chi connectivity index (χ4n) is 2.06. The molecular formula is C16H14Cl4N2OS. The van der Waals surface area contributed by atoms with Crippen LogP contribution in [-0.2, 0) is 11.3 Å². The number of thiophene rings is 1. The SMILES string of the molecule is C=CCN(CC(=O)Nc1c(Cl)c(Cl)cc(Cl)c1Cl)Cc1cccs1. The zero-order valence-electron chi connectivity index (χ0n) is 12.5. The van der Waals surface area contributed by atoms with Crippen molar-refractivity contribution >= 4 is 69.3 Å². The molecule has 0 radical (unpaired) electrons. The van der Waals surface area contributed by atoms with Crippen LogP contribution in [0, 0.1) is 0 Å². The highest BCUT2D eigenvalue weighted by atomic mass is 35.5. The van der Waals surface area contributed by atoms with E-state index in [1.807, 2.05) is 22.4 Å². The van der Waals surface area contributed by atoms with E-state index in [1.165, 1.54) is 6.07 Å². The molecule has 2 rings (SSSR count). The predicted octanol–water partition coefficient (Wildman–Crippen LogP) is 5.99. The summed E-state index contributed by atoms with van der Waals surface area (Å²) in [5.41, 5.74) is 0.218. The Labute approximate surface area is 164 Å². The van der Waals surface area contributed by atoms with E-state index in [0.717, 1.165) is 4.88 Å². The van der Waals surface area contributed by atoms with Gasteiger partial charge in [-0.15, -0.1) is 17.9 Å². The van der Waals surface area contributed by atoms with Crippen molar-refractivity contribution in [2.45, 2.75) is 6.54 Å². The van der Waals surface area contributed by atoms with E-state index in [4.69, 9.17) is 46.4 Å². The number of nitrogens with one attached hydrogen (secondary N) is 1. The van der Waals surface area contributed by atoms with E-state index < -0.39 is 0 Å². The topological polar surface area (TPSA) is 32.3 Å². The molecule has 1 aromatic heterocycles. The maximum atomic E-state index is 12.4. The van der Waals surface area contributed by atoms with Crippen LogP contribution in [0.5, 0.6) is 0 Å². The monoisotopic (exact) mass is 422 g/mol. The molecule has 128 valence electrons. The largest absolute Gasteiger partial charge is 0.322 e. The van der Waals surface area contributed by atoms with Crippen LogP contribution in [0.25, 0.3) is 0 Å². The number of benzene rings is 1. The lowest BCUT2D eigenvalue weighted by Gasteiger charge is -2.20. The normalized spacial score (nSPS) is 10.9. The molecule has 1 aromatic carbocycles. The molecule has 0 atom stereocenters. The Morgan fingerprint density at radius 1 is 1.25 bits per heavy atom. The van der Waals surface area contributed by atoms with Crippen LogP contribution in [0.4, 0.5) is 5.69 Å². The number of halogens is 4. The standard InChI is InChI=1S/C16H14Cl4N2OS/c1-2-5-22(8-10-4-3-6-24-10)9-13(23)21-16-14(19)11(17)7-12(18)15(16)20/h2-4,6-7H,1,5,8-9H2,(H,21,23). The van der Waals surface area contributed by atoms with Gasteiger partial charge < -0.3 is 5.32 Å². The first-order valence-electron chi connectivity index (χ1n) is 6.90. The first-order chi connectivity index (χ1) is 11.4. The number of nitrogens with zero attached hydrogens (tertiary/aromatic N) is 1. The number of carbonyl (C=O) groups is 1. The van der Waals surface area contributed by atoms with Crippen molar-refractivity contribution in [1.29, 1.82) is 0 Å². The summed E-state index contributed by atoms with van der Waals surface area (Å²) in [4.78, 5) is 15.5. The Bertz CT molecular complexity index is 708. The second kappa shape index (κ2) is 9.09. The third kappa shape index (κ3) is 5.12. The van der Waals surface area contributed by atoms with Gasteiger partial charge in [0.15, 0.2) is 0 Å². The predicted molar refractivity (Wildman–Crippen MR) is 105 cm³/mol. The van der Waals surface area contributed by atoms with Gasteiger partial charge in [-0.05, 0) is 17.5 Å². The highest BCUT2D eigenvalue weighted by Gasteiger charge is 2.18. The molecule has 0 unspecified atom stereocenters. The quantitative estimate of drug-likeness (QED) is 0.438. The van der Waals surface area contributed by atoms with Crippen molar-refractivity contribution in [3.63, 3.8) is 0 Å². The molecule has 0 aliphatic carbocycles. The lowest BCUT2D eigenvalue weighted by atomic mass is 10.3. The molecule has 3 nitrogen and oxygen atoms in total. The van der Waals surface area contributed by atoms with Gasteiger partial charge in [-0.1, -0.05) is 58.5 Å². The Kier molecular flexibility index (Phi) is 7.41. The number of hydrogen-bond acceptors (Lipinski definition) is 3. The van der Waals surface area contributed by atoms with Crippen molar-refractivity contribution < 1.29 is 4.79 Å². The number of rotatable bonds is 7. The van der Waals surface area contributed by atoms with E-state index in [-0.39, 0.29) is 38.2 Å². The van der Waals surface area contributed by atoms with Crippen molar-refractivity contribution in [2.75, 3.05) is 18.4 Å². The van der Waals surface area contributed by atoms with Crippen LogP contribution in [-0.4, -0.2) is 23.9 Å². The molecule has 1 heterocycles. The minimum Gasteiger partial charge on any atom is -0.322 e. The van der Waals surface area contributed by atoms with Gasteiger partial charge in [-0.25, -0.2) is 0 Å². The Hall–Kier alpha value is -0.750. The van der Waals surface area contributed by atoms with Gasteiger partial charge in [0.2, 0.25) is 5.91 Å². The molecular weight excluding hydrogens is 410 g/mol. The number of hydrogen-bond donors (Lipinski definition) is 1. The molecule has 0 bridgehead atoms. The highest BCUT2D eigenvalue weighted by Crippen LogP contribution is 2.40. The van der Waals surface area contributed by atoms with Crippen LogP contribution in [0.1, 0.15) is 4.88 Å². The number of carbonyl (C=O) groups excluding carboxylic acids is 1. The summed E-state index contributed by atoms with van der Waals surface area (Å²) >= 11 is 25.8. The van der Waals surface area contributed by atoms with Crippen LogP contribution >= 0.6 is 57.7 Å². The van der Waals surface area contributed by atoms with Crippen molar-refractivity contribution in [3.05, 3.63) is 61.2 Å². The number of amides is 1. The van der Waals surface area contributed by atoms with Crippen LogP contribution < -0.4 is 5.32 Å². The lowest BCUT2D eigenvalue weighted by Crippen LogP contribution is -2.33. The molecule has 0 saturated heterocycles. The second-order valence-corrected chi connectivity index (χ2v) is 7.53. The van der Waals surface area contributed by atoms with Gasteiger partial charge in [-0.3, -0.25) is 9.69 Å². The molecule has 0 aliphatic heterocycles. The minimum absolute atomic E-state index is 0.153. The smallest absolute Gasteiger partial charge is 0.238 e. The van der Waals surface area contributed by atoms with Crippen molar-refractivity contribution in [3.8, 4) is 0 Å². The van der Waals surface area contributed by atoms with E-state index in [0.29, 0.717) is 13.1 Å². The zero-order valence-corrected chi connectivity index (χ0v) is 16.3. The first-order valence-corrected chi connectivity index (χ1v) is 9.30. The molecule has 0 aliphatic rings. The molecule has 2 aromatic rings. The minimum atomic E-state index is -0.268. The average Bonchev–Trinajstić information content (AvgIpc) is 3.03. The Morgan fingerprint density at radius 3 is 2.46 bits per heavy atom. The third-order valence-electron chi connectivity index (χ3n) is 3.09. The molecule has 1 amide bonds.